The molecule has 0 aliphatic heterocycles. The van der Waals surface area contributed by atoms with Crippen molar-refractivity contribution in [3.63, 3.8) is 0 Å². The van der Waals surface area contributed by atoms with Crippen LogP contribution in [0.5, 0.6) is 0 Å². The molecule has 0 N–H and O–H groups in total. The van der Waals surface area contributed by atoms with Crippen molar-refractivity contribution in [1.29, 1.82) is 0 Å². The van der Waals surface area contributed by atoms with Gasteiger partial charge in [0.15, 0.2) is 0 Å². The van der Waals surface area contributed by atoms with Crippen LogP contribution in [0.1, 0.15) is 43.7 Å². The smallest absolute Gasteiger partial charge is 0.132 e. The van der Waals surface area contributed by atoms with Gasteiger partial charge in [-0.25, -0.2) is 0 Å². The van der Waals surface area contributed by atoms with E-state index in [2.05, 4.69) is 50.2 Å². The summed E-state index contributed by atoms with van der Waals surface area (Å²) in [7, 11) is 4.25. The number of aryl methyl sites for hydroxylation is 1. The number of nitrogens with zero attached hydrogens (tertiary/aromatic N) is 1. The highest BCUT2D eigenvalue weighted by atomic mass is 16.1. The van der Waals surface area contributed by atoms with Crippen molar-refractivity contribution in [2.75, 3.05) is 20.6 Å². The number of likely N-dealkylation sites (N-methyl/N-ethyl adjacent to an activating group) is 1. The summed E-state index contributed by atoms with van der Waals surface area (Å²) in [5.41, 5.74) is 2.96. The van der Waals surface area contributed by atoms with Crippen LogP contribution in [0.3, 0.4) is 0 Å². The molecule has 0 atom stereocenters. The van der Waals surface area contributed by atoms with Crippen molar-refractivity contribution in [3.8, 4) is 0 Å². The van der Waals surface area contributed by atoms with Crippen LogP contribution in [0.2, 0.25) is 0 Å². The first-order valence-electron chi connectivity index (χ1n) is 7.31. The topological polar surface area (TPSA) is 20.3 Å². The zero-order valence-electron chi connectivity index (χ0n) is 12.4. The largest absolute Gasteiger partial charge is 0.309 e. The van der Waals surface area contributed by atoms with Crippen molar-refractivity contribution in [3.05, 3.63) is 35.4 Å². The van der Waals surface area contributed by atoms with Gasteiger partial charge in [0, 0.05) is 24.8 Å². The lowest BCUT2D eigenvalue weighted by molar-refractivity contribution is -0.121. The molecule has 0 unspecified atom stereocenters. The molecule has 1 fully saturated rings. The fourth-order valence-electron chi connectivity index (χ4n) is 3.24. The van der Waals surface area contributed by atoms with Crippen molar-refractivity contribution >= 4 is 5.78 Å². The van der Waals surface area contributed by atoms with E-state index in [1.54, 1.807) is 0 Å². The molecular weight excluding hydrogens is 234 g/mol. The number of hydrogen-bond donors (Lipinski definition) is 0. The van der Waals surface area contributed by atoms with Crippen LogP contribution in [0.15, 0.2) is 24.3 Å². The van der Waals surface area contributed by atoms with E-state index in [0.717, 1.165) is 38.6 Å². The van der Waals surface area contributed by atoms with E-state index >= 15 is 0 Å². The maximum absolute atomic E-state index is 11.6. The lowest BCUT2D eigenvalue weighted by atomic mass is 9.68. The Morgan fingerprint density at radius 3 is 2.16 bits per heavy atom. The Balaban J connectivity index is 2.28. The van der Waals surface area contributed by atoms with E-state index in [0.29, 0.717) is 5.78 Å². The molecule has 1 saturated carbocycles. The van der Waals surface area contributed by atoms with Gasteiger partial charge in [0.25, 0.3) is 0 Å². The third kappa shape index (κ3) is 3.24. The molecule has 0 saturated heterocycles. The fourth-order valence-corrected chi connectivity index (χ4v) is 3.24. The second-order valence-electron chi connectivity index (χ2n) is 6.11. The van der Waals surface area contributed by atoms with Gasteiger partial charge in [-0.3, -0.25) is 4.79 Å². The van der Waals surface area contributed by atoms with Gasteiger partial charge in [-0.05, 0) is 44.5 Å². The number of carbonyl (C=O) groups is 1. The third-order valence-electron chi connectivity index (χ3n) is 4.36. The van der Waals surface area contributed by atoms with Crippen LogP contribution in [-0.2, 0) is 16.6 Å². The zero-order chi connectivity index (χ0) is 13.9. The monoisotopic (exact) mass is 259 g/mol. The summed E-state index contributed by atoms with van der Waals surface area (Å²) in [6.45, 7) is 3.22. The van der Waals surface area contributed by atoms with Gasteiger partial charge in [-0.2, -0.15) is 0 Å². The summed E-state index contributed by atoms with van der Waals surface area (Å²) in [6, 6.07) is 9.03. The number of carbonyl (C=O) groups excluding carboxylic acids is 1. The minimum absolute atomic E-state index is 0.170. The van der Waals surface area contributed by atoms with E-state index in [1.807, 2.05) is 0 Å². The quantitative estimate of drug-likeness (QED) is 0.827. The Bertz CT molecular complexity index is 423. The second kappa shape index (κ2) is 5.87. The second-order valence-corrected chi connectivity index (χ2v) is 6.11. The Morgan fingerprint density at radius 1 is 1.11 bits per heavy atom. The Kier molecular flexibility index (Phi) is 4.41. The highest BCUT2D eigenvalue weighted by Crippen LogP contribution is 2.38. The number of Topliss-reactive ketones (excluding diaryl/α,β-unsaturated/α-hetero) is 1. The van der Waals surface area contributed by atoms with Gasteiger partial charge in [0.2, 0.25) is 0 Å². The van der Waals surface area contributed by atoms with Crippen LogP contribution in [-0.4, -0.2) is 31.3 Å². The minimum Gasteiger partial charge on any atom is -0.309 e. The summed E-state index contributed by atoms with van der Waals surface area (Å²) in [5, 5.41) is 0. The van der Waals surface area contributed by atoms with E-state index in [-0.39, 0.29) is 5.41 Å². The van der Waals surface area contributed by atoms with E-state index in [4.69, 9.17) is 0 Å². The molecule has 104 valence electrons. The van der Waals surface area contributed by atoms with E-state index in [9.17, 15) is 4.79 Å². The van der Waals surface area contributed by atoms with Gasteiger partial charge in [0.05, 0.1) is 0 Å². The maximum Gasteiger partial charge on any atom is 0.132 e. The molecule has 1 aromatic rings. The maximum atomic E-state index is 11.6. The number of rotatable bonds is 4. The molecule has 1 aliphatic rings. The SMILES string of the molecule is CCc1ccc(C2(CN(C)C)CCC(=O)CC2)cc1. The third-order valence-corrected chi connectivity index (χ3v) is 4.36. The molecule has 0 aromatic heterocycles. The van der Waals surface area contributed by atoms with Crippen molar-refractivity contribution in [2.45, 2.75) is 44.4 Å². The molecule has 1 aliphatic carbocycles. The normalized spacial score (nSPS) is 18.8. The highest BCUT2D eigenvalue weighted by Gasteiger charge is 2.36. The molecule has 2 heteroatoms. The summed E-state index contributed by atoms with van der Waals surface area (Å²) in [6.07, 6.45) is 4.55. The molecule has 2 nitrogen and oxygen atoms in total. The predicted octanol–water partition coefficient (Wildman–Crippen LogP) is 3.19. The molecular formula is C17H25NO. The van der Waals surface area contributed by atoms with Crippen LogP contribution in [0.25, 0.3) is 0 Å². The van der Waals surface area contributed by atoms with Crippen LogP contribution in [0, 0.1) is 0 Å². The number of ketones is 1. The Hall–Kier alpha value is -1.15. The van der Waals surface area contributed by atoms with Crippen molar-refractivity contribution < 1.29 is 4.79 Å². The average Bonchev–Trinajstić information content (AvgIpc) is 2.41. The van der Waals surface area contributed by atoms with Crippen molar-refractivity contribution in [1.82, 2.24) is 4.90 Å². The van der Waals surface area contributed by atoms with Crippen LogP contribution in [0.4, 0.5) is 0 Å². The van der Waals surface area contributed by atoms with Gasteiger partial charge in [-0.1, -0.05) is 31.2 Å². The first kappa shape index (κ1) is 14.3. The summed E-state index contributed by atoms with van der Waals surface area (Å²) in [5.74, 6) is 0.430. The number of benzene rings is 1. The molecule has 0 heterocycles. The van der Waals surface area contributed by atoms with E-state index in [1.165, 1.54) is 11.1 Å². The molecule has 2 rings (SSSR count). The first-order chi connectivity index (χ1) is 9.05. The Morgan fingerprint density at radius 2 is 1.68 bits per heavy atom. The molecule has 0 amide bonds. The van der Waals surface area contributed by atoms with E-state index < -0.39 is 0 Å². The molecule has 0 spiro atoms. The number of hydrogen-bond acceptors (Lipinski definition) is 2. The lowest BCUT2D eigenvalue weighted by Gasteiger charge is -2.39. The molecule has 0 radical (unpaired) electrons. The fraction of sp³-hybridized carbons (Fsp3) is 0.588. The first-order valence-corrected chi connectivity index (χ1v) is 7.31. The minimum atomic E-state index is 0.170. The Labute approximate surface area is 116 Å². The predicted molar refractivity (Wildman–Crippen MR) is 79.5 cm³/mol. The highest BCUT2D eigenvalue weighted by molar-refractivity contribution is 5.79. The van der Waals surface area contributed by atoms with Gasteiger partial charge < -0.3 is 4.90 Å². The average molecular weight is 259 g/mol. The molecule has 0 bridgehead atoms. The van der Waals surface area contributed by atoms with Crippen LogP contribution >= 0.6 is 0 Å². The summed E-state index contributed by atoms with van der Waals surface area (Å²) in [4.78, 5) is 13.8. The zero-order valence-corrected chi connectivity index (χ0v) is 12.4. The molecule has 19 heavy (non-hydrogen) atoms. The van der Waals surface area contributed by atoms with Crippen LogP contribution < -0.4 is 0 Å². The van der Waals surface area contributed by atoms with Crippen molar-refractivity contribution in [2.24, 2.45) is 0 Å². The molecule has 1 aromatic carbocycles. The summed E-state index contributed by atoms with van der Waals surface area (Å²) >= 11 is 0. The van der Waals surface area contributed by atoms with Gasteiger partial charge in [-0.15, -0.1) is 0 Å². The van der Waals surface area contributed by atoms with Gasteiger partial charge >= 0.3 is 0 Å². The standard InChI is InChI=1S/C17H25NO/c1-4-14-5-7-15(8-6-14)17(13-18(2)3)11-9-16(19)10-12-17/h5-8H,4,9-13H2,1-3H3. The van der Waals surface area contributed by atoms with Gasteiger partial charge in [0.1, 0.15) is 5.78 Å². The summed E-state index contributed by atoms with van der Waals surface area (Å²) < 4.78 is 0. The lowest BCUT2D eigenvalue weighted by Crippen LogP contribution is -2.41.